The lowest BCUT2D eigenvalue weighted by molar-refractivity contribution is 0.248. The molecule has 1 heterocycles. The van der Waals surface area contributed by atoms with Gasteiger partial charge in [0.15, 0.2) is 0 Å². The lowest BCUT2D eigenvalue weighted by Gasteiger charge is -2.26. The smallest absolute Gasteiger partial charge is 0.319 e. The van der Waals surface area contributed by atoms with E-state index in [9.17, 15) is 4.79 Å². The molecule has 0 aliphatic carbocycles. The zero-order valence-corrected chi connectivity index (χ0v) is 13.8. The Balaban J connectivity index is 1.71. The monoisotopic (exact) mass is 332 g/mol. The molecule has 3 nitrogen and oxygen atoms in total. The van der Waals surface area contributed by atoms with Crippen molar-refractivity contribution in [2.24, 2.45) is 0 Å². The largest absolute Gasteiger partial charge is 0.331 e. The Bertz CT molecular complexity index is 705. The van der Waals surface area contributed by atoms with Crippen molar-refractivity contribution in [3.05, 3.63) is 58.6 Å². The van der Waals surface area contributed by atoms with Crippen molar-refractivity contribution < 1.29 is 4.79 Å². The van der Waals surface area contributed by atoms with Crippen LogP contribution in [-0.4, -0.2) is 11.8 Å². The van der Waals surface area contributed by atoms with Gasteiger partial charge in [0.05, 0.1) is 6.04 Å². The summed E-state index contributed by atoms with van der Waals surface area (Å²) >= 11 is 7.89. The Morgan fingerprint density at radius 2 is 2.14 bits per heavy atom. The maximum absolute atomic E-state index is 12.2. The van der Waals surface area contributed by atoms with Crippen LogP contribution >= 0.6 is 23.4 Å². The van der Waals surface area contributed by atoms with E-state index in [0.717, 1.165) is 29.0 Å². The van der Waals surface area contributed by atoms with Crippen LogP contribution in [0.2, 0.25) is 5.02 Å². The lowest BCUT2D eigenvalue weighted by Crippen LogP contribution is -2.34. The molecule has 0 saturated carbocycles. The molecule has 22 heavy (non-hydrogen) atoms. The molecule has 2 aromatic carbocycles. The topological polar surface area (TPSA) is 41.1 Å². The van der Waals surface area contributed by atoms with Crippen molar-refractivity contribution in [1.82, 2.24) is 5.32 Å². The highest BCUT2D eigenvalue weighted by molar-refractivity contribution is 7.99. The summed E-state index contributed by atoms with van der Waals surface area (Å²) in [5.41, 5.74) is 3.01. The molecule has 0 radical (unpaired) electrons. The van der Waals surface area contributed by atoms with Crippen molar-refractivity contribution in [1.29, 1.82) is 0 Å². The first kappa shape index (κ1) is 15.3. The molecule has 0 fully saturated rings. The highest BCUT2D eigenvalue weighted by Gasteiger charge is 2.22. The quantitative estimate of drug-likeness (QED) is 0.811. The summed E-state index contributed by atoms with van der Waals surface area (Å²) in [5.74, 6) is 0.990. The van der Waals surface area contributed by atoms with Crippen LogP contribution in [0.25, 0.3) is 0 Å². The van der Waals surface area contributed by atoms with Gasteiger partial charge >= 0.3 is 6.03 Å². The number of rotatable bonds is 2. The molecule has 3 rings (SSSR count). The molecule has 1 aliphatic rings. The van der Waals surface area contributed by atoms with Gasteiger partial charge in [0.2, 0.25) is 0 Å². The normalized spacial score (nSPS) is 16.7. The van der Waals surface area contributed by atoms with E-state index in [0.29, 0.717) is 5.02 Å². The highest BCUT2D eigenvalue weighted by Crippen LogP contribution is 2.37. The molecule has 0 saturated heterocycles. The van der Waals surface area contributed by atoms with Gasteiger partial charge in [-0.3, -0.25) is 0 Å². The molecule has 0 unspecified atom stereocenters. The molecule has 0 bridgehead atoms. The van der Waals surface area contributed by atoms with Gasteiger partial charge in [-0.05, 0) is 54.8 Å². The van der Waals surface area contributed by atoms with Gasteiger partial charge in [-0.25, -0.2) is 4.79 Å². The van der Waals surface area contributed by atoms with E-state index in [2.05, 4.69) is 10.6 Å². The van der Waals surface area contributed by atoms with Crippen LogP contribution in [0.1, 0.15) is 23.6 Å². The summed E-state index contributed by atoms with van der Waals surface area (Å²) in [5, 5.41) is 6.63. The molecular weight excluding hydrogens is 316 g/mol. The summed E-state index contributed by atoms with van der Waals surface area (Å²) in [6.07, 6.45) is 0.902. The van der Waals surface area contributed by atoms with Gasteiger partial charge < -0.3 is 10.6 Å². The Morgan fingerprint density at radius 3 is 2.95 bits per heavy atom. The van der Waals surface area contributed by atoms with E-state index in [4.69, 9.17) is 11.6 Å². The Morgan fingerprint density at radius 1 is 1.27 bits per heavy atom. The standard InChI is InChI=1S/C17H17ClN2OS/c1-11-3-2-4-13(9-11)19-17(21)20-15-7-8-22-16-6-5-12(18)10-14(15)16/h2-6,9-10,15H,7-8H2,1H3,(H2,19,20,21)/t15-/m1/s1. The van der Waals surface area contributed by atoms with E-state index < -0.39 is 0 Å². The zero-order valence-electron chi connectivity index (χ0n) is 12.2. The van der Waals surface area contributed by atoms with Gasteiger partial charge in [-0.15, -0.1) is 11.8 Å². The van der Waals surface area contributed by atoms with Crippen molar-refractivity contribution in [2.75, 3.05) is 11.1 Å². The molecule has 114 valence electrons. The van der Waals surface area contributed by atoms with Gasteiger partial charge in [-0.1, -0.05) is 23.7 Å². The molecule has 0 spiro atoms. The van der Waals surface area contributed by atoms with Crippen LogP contribution in [0.4, 0.5) is 10.5 Å². The number of hydrogen-bond acceptors (Lipinski definition) is 2. The zero-order chi connectivity index (χ0) is 15.5. The van der Waals surface area contributed by atoms with E-state index in [1.165, 1.54) is 4.90 Å². The molecule has 1 atom stereocenters. The Hall–Kier alpha value is -1.65. The number of halogens is 1. The van der Waals surface area contributed by atoms with Crippen LogP contribution in [0.5, 0.6) is 0 Å². The average Bonchev–Trinajstić information content (AvgIpc) is 2.48. The third-order valence-electron chi connectivity index (χ3n) is 3.59. The predicted molar refractivity (Wildman–Crippen MR) is 92.9 cm³/mol. The number of carbonyl (C=O) groups is 1. The minimum absolute atomic E-state index is 0.000223. The van der Waals surface area contributed by atoms with Gasteiger partial charge in [0.25, 0.3) is 0 Å². The highest BCUT2D eigenvalue weighted by atomic mass is 35.5. The van der Waals surface area contributed by atoms with Crippen LogP contribution in [-0.2, 0) is 0 Å². The molecule has 5 heteroatoms. The number of hydrogen-bond donors (Lipinski definition) is 2. The summed E-state index contributed by atoms with van der Waals surface area (Å²) in [6, 6.07) is 13.4. The second-order valence-electron chi connectivity index (χ2n) is 5.34. The van der Waals surface area contributed by atoms with Crippen molar-refractivity contribution in [3.63, 3.8) is 0 Å². The summed E-state index contributed by atoms with van der Waals surface area (Å²) in [4.78, 5) is 13.4. The van der Waals surface area contributed by atoms with Crippen molar-refractivity contribution in [2.45, 2.75) is 24.3 Å². The van der Waals surface area contributed by atoms with Crippen LogP contribution in [0.15, 0.2) is 47.4 Å². The van der Waals surface area contributed by atoms with Crippen molar-refractivity contribution >= 4 is 35.1 Å². The molecule has 2 aromatic rings. The number of aryl methyl sites for hydroxylation is 1. The molecule has 2 N–H and O–H groups in total. The van der Waals surface area contributed by atoms with E-state index in [1.807, 2.05) is 49.4 Å². The molecule has 1 aliphatic heterocycles. The average molecular weight is 333 g/mol. The number of fused-ring (bicyclic) bond motifs is 1. The number of amides is 2. The first-order valence-corrected chi connectivity index (χ1v) is 8.54. The predicted octanol–water partition coefficient (Wildman–Crippen LogP) is 5.01. The maximum Gasteiger partial charge on any atom is 0.319 e. The van der Waals surface area contributed by atoms with E-state index in [1.54, 1.807) is 11.8 Å². The first-order chi connectivity index (χ1) is 10.6. The fourth-order valence-corrected chi connectivity index (χ4v) is 3.85. The number of thioether (sulfide) groups is 1. The van der Waals surface area contributed by atoms with Crippen LogP contribution in [0.3, 0.4) is 0 Å². The van der Waals surface area contributed by atoms with E-state index in [-0.39, 0.29) is 12.1 Å². The number of anilines is 1. The SMILES string of the molecule is Cc1cccc(NC(=O)N[C@@H]2CCSc3ccc(Cl)cc32)c1. The van der Waals surface area contributed by atoms with E-state index >= 15 is 0 Å². The first-order valence-electron chi connectivity index (χ1n) is 7.18. The number of nitrogens with one attached hydrogen (secondary N) is 2. The molecular formula is C17H17ClN2OS. The number of urea groups is 1. The van der Waals surface area contributed by atoms with Gasteiger partial charge in [0.1, 0.15) is 0 Å². The van der Waals surface area contributed by atoms with Gasteiger partial charge in [-0.2, -0.15) is 0 Å². The summed E-state index contributed by atoms with van der Waals surface area (Å²) < 4.78 is 0. The van der Waals surface area contributed by atoms with Crippen molar-refractivity contribution in [3.8, 4) is 0 Å². The van der Waals surface area contributed by atoms with Crippen LogP contribution < -0.4 is 10.6 Å². The fourth-order valence-electron chi connectivity index (χ4n) is 2.56. The van der Waals surface area contributed by atoms with Gasteiger partial charge in [0, 0.05) is 21.4 Å². The minimum atomic E-state index is -0.187. The third-order valence-corrected chi connectivity index (χ3v) is 4.95. The van der Waals surface area contributed by atoms with Crippen LogP contribution in [0, 0.1) is 6.92 Å². The summed E-state index contributed by atoms with van der Waals surface area (Å²) in [7, 11) is 0. The number of carbonyl (C=O) groups excluding carboxylic acids is 1. The molecule has 2 amide bonds. The molecule has 0 aromatic heterocycles. The number of benzene rings is 2. The fraction of sp³-hybridized carbons (Fsp3) is 0.235. The second-order valence-corrected chi connectivity index (χ2v) is 6.91. The third kappa shape index (κ3) is 3.57. The Kier molecular flexibility index (Phi) is 4.60. The maximum atomic E-state index is 12.2. The lowest BCUT2D eigenvalue weighted by atomic mass is 10.0. The Labute approximate surface area is 139 Å². The second kappa shape index (κ2) is 6.63. The summed E-state index contributed by atoms with van der Waals surface area (Å²) in [6.45, 7) is 2.00. The minimum Gasteiger partial charge on any atom is -0.331 e.